The molecule has 6 nitrogen and oxygen atoms in total. The number of piperidine rings is 1. The zero-order valence-corrected chi connectivity index (χ0v) is 18.2. The van der Waals surface area contributed by atoms with Gasteiger partial charge in [-0.2, -0.15) is 0 Å². The molecular weight excluding hydrogens is 409 g/mol. The van der Waals surface area contributed by atoms with Gasteiger partial charge >= 0.3 is 0 Å². The van der Waals surface area contributed by atoms with Gasteiger partial charge in [-0.3, -0.25) is 9.69 Å². The molecule has 1 N–H and O–H groups in total. The van der Waals surface area contributed by atoms with Gasteiger partial charge in [-0.15, -0.1) is 0 Å². The van der Waals surface area contributed by atoms with Crippen LogP contribution in [0.15, 0.2) is 59.1 Å². The maximum absolute atomic E-state index is 13.0. The maximum atomic E-state index is 13.0. The number of methoxy groups -OCH3 is 1. The van der Waals surface area contributed by atoms with Crippen LogP contribution in [0.4, 0.5) is 4.39 Å². The predicted octanol–water partition coefficient (Wildman–Crippen LogP) is 4.20. The number of hydrogen-bond acceptors (Lipinski definition) is 5. The molecular formula is C25H28FN3O3. The Morgan fingerprint density at radius 1 is 1.16 bits per heavy atom. The highest BCUT2D eigenvalue weighted by molar-refractivity contribution is 5.76. The number of nitrogens with zero attached hydrogens (tertiary/aromatic N) is 2. The molecule has 1 fully saturated rings. The number of likely N-dealkylation sites (tertiary alicyclic amines) is 1. The van der Waals surface area contributed by atoms with Crippen LogP contribution in [0.1, 0.15) is 30.7 Å². The molecule has 1 aliphatic heterocycles. The van der Waals surface area contributed by atoms with Gasteiger partial charge in [-0.25, -0.2) is 9.37 Å². The van der Waals surface area contributed by atoms with E-state index in [2.05, 4.69) is 15.2 Å². The summed E-state index contributed by atoms with van der Waals surface area (Å²) in [6.07, 6.45) is 4.32. The molecule has 0 spiro atoms. The first kappa shape index (κ1) is 22.0. The van der Waals surface area contributed by atoms with Crippen molar-refractivity contribution >= 4 is 5.91 Å². The number of nitrogens with one attached hydrogen (secondary N) is 1. The van der Waals surface area contributed by atoms with Crippen molar-refractivity contribution in [1.82, 2.24) is 15.2 Å². The molecule has 1 saturated heterocycles. The summed E-state index contributed by atoms with van der Waals surface area (Å²) in [4.78, 5) is 19.0. The molecule has 2 heterocycles. The van der Waals surface area contributed by atoms with Crippen molar-refractivity contribution in [3.63, 3.8) is 0 Å². The average molecular weight is 438 g/mol. The van der Waals surface area contributed by atoms with E-state index < -0.39 is 0 Å². The van der Waals surface area contributed by atoms with Crippen LogP contribution in [0.2, 0.25) is 0 Å². The number of hydrogen-bond donors (Lipinski definition) is 1. The highest BCUT2D eigenvalue weighted by Crippen LogP contribution is 2.23. The molecule has 0 radical (unpaired) electrons. The summed E-state index contributed by atoms with van der Waals surface area (Å²) >= 11 is 0. The van der Waals surface area contributed by atoms with Crippen molar-refractivity contribution in [3.8, 4) is 17.1 Å². The summed E-state index contributed by atoms with van der Waals surface area (Å²) in [6, 6.07) is 14.4. The lowest BCUT2D eigenvalue weighted by molar-refractivity contribution is -0.122. The maximum Gasteiger partial charge on any atom is 0.220 e. The van der Waals surface area contributed by atoms with Crippen LogP contribution in [0.25, 0.3) is 11.3 Å². The van der Waals surface area contributed by atoms with E-state index in [4.69, 9.17) is 9.15 Å². The highest BCUT2D eigenvalue weighted by Gasteiger charge is 2.21. The van der Waals surface area contributed by atoms with Gasteiger partial charge < -0.3 is 14.5 Å². The van der Waals surface area contributed by atoms with Crippen molar-refractivity contribution in [2.24, 2.45) is 0 Å². The van der Waals surface area contributed by atoms with Gasteiger partial charge in [-0.1, -0.05) is 12.1 Å². The summed E-state index contributed by atoms with van der Waals surface area (Å²) in [5.74, 6) is 1.83. The number of rotatable bonds is 8. The summed E-state index contributed by atoms with van der Waals surface area (Å²) in [5, 5.41) is 3.13. The van der Waals surface area contributed by atoms with E-state index in [0.29, 0.717) is 24.5 Å². The molecule has 1 aliphatic rings. The minimum atomic E-state index is -0.211. The van der Waals surface area contributed by atoms with Crippen LogP contribution < -0.4 is 10.1 Å². The van der Waals surface area contributed by atoms with Crippen molar-refractivity contribution < 1.29 is 18.3 Å². The second-order valence-electron chi connectivity index (χ2n) is 8.09. The fourth-order valence-electron chi connectivity index (χ4n) is 3.92. The Hall–Kier alpha value is -3.19. The van der Waals surface area contributed by atoms with E-state index in [1.165, 1.54) is 12.1 Å². The van der Waals surface area contributed by atoms with Crippen LogP contribution >= 0.6 is 0 Å². The molecule has 2 aromatic carbocycles. The lowest BCUT2D eigenvalue weighted by atomic mass is 10.0. The zero-order valence-electron chi connectivity index (χ0n) is 18.2. The van der Waals surface area contributed by atoms with Gasteiger partial charge in [0.05, 0.1) is 13.3 Å². The zero-order chi connectivity index (χ0) is 22.3. The van der Waals surface area contributed by atoms with Crippen molar-refractivity contribution in [2.45, 2.75) is 38.3 Å². The number of carbonyl (C=O) groups excluding carboxylic acids is 1. The minimum Gasteiger partial charge on any atom is -0.497 e. The molecule has 32 heavy (non-hydrogen) atoms. The lowest BCUT2D eigenvalue weighted by Crippen LogP contribution is -2.44. The SMILES string of the molecule is COc1ccc(-c2cnc(CCC(=O)NC3CCN(Cc4ccc(F)cc4)CC3)o2)cc1. The quantitative estimate of drug-likeness (QED) is 0.572. The van der Waals surface area contributed by atoms with Crippen molar-refractivity contribution in [3.05, 3.63) is 72.0 Å². The molecule has 0 atom stereocenters. The minimum absolute atomic E-state index is 0.0196. The average Bonchev–Trinajstić information content (AvgIpc) is 3.30. The molecule has 1 aromatic heterocycles. The topological polar surface area (TPSA) is 67.6 Å². The van der Waals surface area contributed by atoms with E-state index in [1.54, 1.807) is 13.3 Å². The molecule has 4 rings (SSSR count). The number of oxazole rings is 1. The van der Waals surface area contributed by atoms with Crippen LogP contribution in [0, 0.1) is 5.82 Å². The largest absolute Gasteiger partial charge is 0.497 e. The summed E-state index contributed by atoms with van der Waals surface area (Å²) in [6.45, 7) is 2.63. The van der Waals surface area contributed by atoms with E-state index in [-0.39, 0.29) is 17.8 Å². The molecule has 168 valence electrons. The second kappa shape index (κ2) is 10.4. The van der Waals surface area contributed by atoms with Crippen LogP contribution in [0.3, 0.4) is 0 Å². The first-order valence-electron chi connectivity index (χ1n) is 10.9. The smallest absolute Gasteiger partial charge is 0.220 e. The van der Waals surface area contributed by atoms with Crippen molar-refractivity contribution in [1.29, 1.82) is 0 Å². The van der Waals surface area contributed by atoms with Crippen LogP contribution in [-0.4, -0.2) is 42.0 Å². The third-order valence-electron chi connectivity index (χ3n) is 5.77. The Morgan fingerprint density at radius 2 is 1.88 bits per heavy atom. The Kier molecular flexibility index (Phi) is 7.17. The fraction of sp³-hybridized carbons (Fsp3) is 0.360. The van der Waals surface area contributed by atoms with Crippen molar-refractivity contribution in [2.75, 3.05) is 20.2 Å². The Balaban J connectivity index is 1.19. The first-order chi connectivity index (χ1) is 15.6. The number of benzene rings is 2. The van der Waals surface area contributed by atoms with E-state index in [9.17, 15) is 9.18 Å². The van der Waals surface area contributed by atoms with Crippen LogP contribution in [-0.2, 0) is 17.8 Å². The summed E-state index contributed by atoms with van der Waals surface area (Å²) in [7, 11) is 1.63. The molecule has 0 unspecified atom stereocenters. The van der Waals surface area contributed by atoms with E-state index in [0.717, 1.165) is 49.4 Å². The summed E-state index contributed by atoms with van der Waals surface area (Å²) in [5.41, 5.74) is 2.02. The lowest BCUT2D eigenvalue weighted by Gasteiger charge is -2.32. The molecule has 1 amide bonds. The van der Waals surface area contributed by atoms with Gasteiger partial charge in [0.1, 0.15) is 11.6 Å². The number of amides is 1. The van der Waals surface area contributed by atoms with E-state index in [1.807, 2.05) is 36.4 Å². The number of halogens is 1. The van der Waals surface area contributed by atoms with Gasteiger partial charge in [0.15, 0.2) is 11.7 Å². The first-order valence-corrected chi connectivity index (χ1v) is 10.9. The number of aryl methyl sites for hydroxylation is 1. The van der Waals surface area contributed by atoms with Gasteiger partial charge in [0, 0.05) is 44.1 Å². The normalized spacial score (nSPS) is 14.9. The molecule has 0 bridgehead atoms. The summed E-state index contributed by atoms with van der Waals surface area (Å²) < 4.78 is 24.0. The second-order valence-corrected chi connectivity index (χ2v) is 8.09. The number of ether oxygens (including phenoxy) is 1. The monoisotopic (exact) mass is 437 g/mol. The number of aromatic nitrogens is 1. The Morgan fingerprint density at radius 3 is 2.56 bits per heavy atom. The van der Waals surface area contributed by atoms with Gasteiger partial charge in [0.25, 0.3) is 0 Å². The number of carbonyl (C=O) groups is 1. The Labute approximate surface area is 187 Å². The molecule has 0 aliphatic carbocycles. The standard InChI is InChI=1S/C25H28FN3O3/c1-31-22-8-4-19(5-9-22)23-16-27-25(32-23)11-10-24(30)28-21-12-14-29(15-13-21)17-18-2-6-20(26)7-3-18/h2-9,16,21H,10-15,17H2,1H3,(H,28,30). The third-order valence-corrected chi connectivity index (χ3v) is 5.77. The molecule has 3 aromatic rings. The molecule has 7 heteroatoms. The highest BCUT2D eigenvalue weighted by atomic mass is 19.1. The van der Waals surface area contributed by atoms with E-state index >= 15 is 0 Å². The third kappa shape index (κ3) is 5.95. The molecule has 0 saturated carbocycles. The van der Waals surface area contributed by atoms with Gasteiger partial charge in [-0.05, 0) is 54.8 Å². The predicted molar refractivity (Wildman–Crippen MR) is 120 cm³/mol. The fourth-order valence-corrected chi connectivity index (χ4v) is 3.92. The Bertz CT molecular complexity index is 1010. The van der Waals surface area contributed by atoms with Gasteiger partial charge in [0.2, 0.25) is 5.91 Å². The van der Waals surface area contributed by atoms with Crippen LogP contribution in [0.5, 0.6) is 5.75 Å².